The molecule has 2 aromatic carbocycles. The van der Waals surface area contributed by atoms with Gasteiger partial charge in [-0.05, 0) is 50.1 Å². The van der Waals surface area contributed by atoms with Crippen molar-refractivity contribution in [2.45, 2.75) is 25.8 Å². The third-order valence-corrected chi connectivity index (χ3v) is 5.08. The largest absolute Gasteiger partial charge is 0.377 e. The second-order valence-electron chi connectivity index (χ2n) is 6.28. The van der Waals surface area contributed by atoms with Crippen LogP contribution in [0.25, 0.3) is 10.2 Å². The molecule has 3 aromatic rings. The molecule has 1 heterocycles. The maximum absolute atomic E-state index is 12.5. The molecule has 0 unspecified atom stereocenters. The van der Waals surface area contributed by atoms with E-state index in [1.165, 1.54) is 6.07 Å². The van der Waals surface area contributed by atoms with Gasteiger partial charge in [-0.3, -0.25) is 14.9 Å². The van der Waals surface area contributed by atoms with Crippen molar-refractivity contribution in [1.29, 1.82) is 0 Å². The van der Waals surface area contributed by atoms with Gasteiger partial charge in [0.05, 0.1) is 20.1 Å². The summed E-state index contributed by atoms with van der Waals surface area (Å²) >= 11 is 1.55. The zero-order chi connectivity index (χ0) is 18.3. The van der Waals surface area contributed by atoms with Gasteiger partial charge in [0.2, 0.25) is 0 Å². The van der Waals surface area contributed by atoms with Crippen LogP contribution in [0.4, 0.5) is 17.1 Å². The van der Waals surface area contributed by atoms with Crippen molar-refractivity contribution < 1.29 is 9.72 Å². The number of hydrogen-bond donors (Lipinski definition) is 2. The lowest BCUT2D eigenvalue weighted by molar-refractivity contribution is -0.384. The Bertz CT molecular complexity index is 1030. The fourth-order valence-electron chi connectivity index (χ4n) is 2.71. The summed E-state index contributed by atoms with van der Waals surface area (Å²) in [4.78, 5) is 27.8. The fraction of sp³-hybridized carbons (Fsp3) is 0.222. The van der Waals surface area contributed by atoms with Crippen molar-refractivity contribution in [2.24, 2.45) is 0 Å². The molecule has 0 radical (unpaired) electrons. The lowest BCUT2D eigenvalue weighted by atomic mass is 10.1. The molecule has 1 fully saturated rings. The van der Waals surface area contributed by atoms with Crippen LogP contribution in [0.5, 0.6) is 0 Å². The van der Waals surface area contributed by atoms with E-state index in [-0.39, 0.29) is 17.2 Å². The summed E-state index contributed by atoms with van der Waals surface area (Å²) in [5.41, 5.74) is 2.14. The molecule has 0 bridgehead atoms. The molecule has 4 rings (SSSR count). The predicted molar refractivity (Wildman–Crippen MR) is 102 cm³/mol. The normalized spacial score (nSPS) is 13.6. The molecule has 1 aliphatic rings. The second kappa shape index (κ2) is 6.38. The third kappa shape index (κ3) is 3.36. The zero-order valence-electron chi connectivity index (χ0n) is 14.0. The molecular formula is C18H16N4O3S. The van der Waals surface area contributed by atoms with Gasteiger partial charge in [0.15, 0.2) is 0 Å². The molecule has 8 heteroatoms. The number of benzene rings is 2. The number of nitro benzene ring substituents is 1. The van der Waals surface area contributed by atoms with E-state index in [0.29, 0.717) is 17.4 Å². The van der Waals surface area contributed by atoms with Crippen LogP contribution in [0.15, 0.2) is 36.4 Å². The topological polar surface area (TPSA) is 97.2 Å². The Hall–Kier alpha value is -3.00. The minimum Gasteiger partial charge on any atom is -0.377 e. The van der Waals surface area contributed by atoms with Crippen molar-refractivity contribution >= 4 is 44.5 Å². The van der Waals surface area contributed by atoms with Crippen LogP contribution in [-0.2, 0) is 0 Å². The van der Waals surface area contributed by atoms with Gasteiger partial charge in [0.1, 0.15) is 5.69 Å². The van der Waals surface area contributed by atoms with Gasteiger partial charge in [0, 0.05) is 23.4 Å². The summed E-state index contributed by atoms with van der Waals surface area (Å²) in [5.74, 6) is -0.383. The van der Waals surface area contributed by atoms with E-state index in [1.807, 2.05) is 19.1 Å². The molecule has 0 atom stereocenters. The molecule has 7 nitrogen and oxygen atoms in total. The summed E-state index contributed by atoms with van der Waals surface area (Å²) in [7, 11) is 0. The highest BCUT2D eigenvalue weighted by molar-refractivity contribution is 7.18. The Balaban J connectivity index is 1.58. The maximum Gasteiger partial charge on any atom is 0.293 e. The highest BCUT2D eigenvalue weighted by Gasteiger charge is 2.25. The van der Waals surface area contributed by atoms with E-state index < -0.39 is 4.92 Å². The molecule has 2 N–H and O–H groups in total. The van der Waals surface area contributed by atoms with Gasteiger partial charge in [0.25, 0.3) is 11.6 Å². The molecule has 1 saturated carbocycles. The lowest BCUT2D eigenvalue weighted by Gasteiger charge is -2.08. The first kappa shape index (κ1) is 16.5. The van der Waals surface area contributed by atoms with Crippen LogP contribution in [-0.4, -0.2) is 21.9 Å². The molecule has 1 aliphatic carbocycles. The number of fused-ring (bicyclic) bond motifs is 1. The minimum atomic E-state index is -0.465. The minimum absolute atomic E-state index is 0.0851. The van der Waals surface area contributed by atoms with Crippen LogP contribution in [0, 0.1) is 17.0 Å². The quantitative estimate of drug-likeness (QED) is 0.516. The molecule has 0 spiro atoms. The van der Waals surface area contributed by atoms with Crippen molar-refractivity contribution in [3.05, 3.63) is 57.1 Å². The number of amides is 1. The number of nitrogens with zero attached hydrogens (tertiary/aromatic N) is 2. The van der Waals surface area contributed by atoms with Gasteiger partial charge in [-0.2, -0.15) is 0 Å². The summed E-state index contributed by atoms with van der Waals surface area (Å²) in [6.07, 6.45) is 2.03. The predicted octanol–water partition coefficient (Wildman–Crippen LogP) is 4.34. The monoisotopic (exact) mass is 368 g/mol. The average Bonchev–Trinajstić information content (AvgIpc) is 3.33. The van der Waals surface area contributed by atoms with Crippen LogP contribution in [0.3, 0.4) is 0 Å². The first-order chi connectivity index (χ1) is 12.5. The average molecular weight is 368 g/mol. The first-order valence-corrected chi connectivity index (χ1v) is 9.05. The summed E-state index contributed by atoms with van der Waals surface area (Å²) in [5, 5.41) is 18.2. The highest BCUT2D eigenvalue weighted by atomic mass is 32.1. The van der Waals surface area contributed by atoms with Crippen molar-refractivity contribution in [3.8, 4) is 0 Å². The van der Waals surface area contributed by atoms with Gasteiger partial charge < -0.3 is 10.6 Å². The lowest BCUT2D eigenvalue weighted by Crippen LogP contribution is -2.13. The van der Waals surface area contributed by atoms with Crippen molar-refractivity contribution in [2.75, 3.05) is 10.6 Å². The summed E-state index contributed by atoms with van der Waals surface area (Å²) < 4.78 is 0.982. The van der Waals surface area contributed by atoms with Gasteiger partial charge in [-0.1, -0.05) is 0 Å². The van der Waals surface area contributed by atoms with Gasteiger partial charge >= 0.3 is 0 Å². The zero-order valence-corrected chi connectivity index (χ0v) is 14.8. The van der Waals surface area contributed by atoms with Crippen LogP contribution >= 0.6 is 11.3 Å². The Morgan fingerprint density at radius 1 is 1.27 bits per heavy atom. The fourth-order valence-corrected chi connectivity index (χ4v) is 3.58. The van der Waals surface area contributed by atoms with Gasteiger partial charge in [-0.15, -0.1) is 11.3 Å². The molecule has 0 aliphatic heterocycles. The molecule has 1 aromatic heterocycles. The SMILES string of the molecule is Cc1nc2ccc(NC(=O)c3ccc(NC4CC4)c([N+](=O)[O-])c3)cc2s1. The Kier molecular flexibility index (Phi) is 4.04. The summed E-state index contributed by atoms with van der Waals surface area (Å²) in [6.45, 7) is 1.93. The van der Waals surface area contributed by atoms with Gasteiger partial charge in [-0.25, -0.2) is 4.98 Å². The van der Waals surface area contributed by atoms with Crippen molar-refractivity contribution in [3.63, 3.8) is 0 Å². The third-order valence-electron chi connectivity index (χ3n) is 4.15. The number of rotatable bonds is 5. The Morgan fingerprint density at radius 2 is 2.08 bits per heavy atom. The van der Waals surface area contributed by atoms with Crippen molar-refractivity contribution in [1.82, 2.24) is 4.98 Å². The number of aryl methyl sites for hydroxylation is 1. The van der Waals surface area contributed by atoms with E-state index in [9.17, 15) is 14.9 Å². The van der Waals surface area contributed by atoms with Crippen LogP contribution in [0.2, 0.25) is 0 Å². The molecule has 1 amide bonds. The Morgan fingerprint density at radius 3 is 2.81 bits per heavy atom. The molecule has 0 saturated heterocycles. The number of thiazole rings is 1. The van der Waals surface area contributed by atoms with E-state index in [0.717, 1.165) is 28.1 Å². The molecule has 26 heavy (non-hydrogen) atoms. The number of carbonyl (C=O) groups is 1. The van der Waals surface area contributed by atoms with E-state index in [1.54, 1.807) is 29.5 Å². The van der Waals surface area contributed by atoms with Crippen LogP contribution < -0.4 is 10.6 Å². The second-order valence-corrected chi connectivity index (χ2v) is 7.51. The Labute approximate surface area is 153 Å². The standard InChI is InChI=1S/C18H16N4O3S/c1-10-19-15-7-5-13(9-17(15)26-10)21-18(23)11-2-6-14(20-12-3-4-12)16(8-11)22(24)25/h2,5-9,12,20H,3-4H2,1H3,(H,21,23). The van der Waals surface area contributed by atoms with E-state index >= 15 is 0 Å². The number of carbonyl (C=O) groups excluding carboxylic acids is 1. The number of hydrogen-bond acceptors (Lipinski definition) is 6. The summed E-state index contributed by atoms with van der Waals surface area (Å²) in [6, 6.07) is 10.3. The van der Waals surface area contributed by atoms with Crippen LogP contribution in [0.1, 0.15) is 28.2 Å². The number of nitrogens with one attached hydrogen (secondary N) is 2. The van der Waals surface area contributed by atoms with E-state index in [2.05, 4.69) is 15.6 Å². The molecular weight excluding hydrogens is 352 g/mol. The smallest absolute Gasteiger partial charge is 0.293 e. The number of nitro groups is 1. The molecule has 132 valence electrons. The van der Waals surface area contributed by atoms with E-state index in [4.69, 9.17) is 0 Å². The maximum atomic E-state index is 12.5. The number of aromatic nitrogens is 1. The number of anilines is 2. The highest BCUT2D eigenvalue weighted by Crippen LogP contribution is 2.32. The first-order valence-electron chi connectivity index (χ1n) is 8.23.